The Labute approximate surface area is 277 Å². The molecule has 2 aliphatic heterocycles. The van der Waals surface area contributed by atoms with Gasteiger partial charge in [0.1, 0.15) is 26.5 Å². The highest BCUT2D eigenvalue weighted by Crippen LogP contribution is 2.35. The third-order valence-corrected chi connectivity index (χ3v) is 10.3. The molecule has 2 saturated heterocycles. The van der Waals surface area contributed by atoms with Crippen LogP contribution in [-0.4, -0.2) is 38.8 Å². The third kappa shape index (κ3) is 8.85. The summed E-state index contributed by atoms with van der Waals surface area (Å²) < 4.78 is 117. The lowest BCUT2D eigenvalue weighted by molar-refractivity contribution is -0.106. The molecule has 2 unspecified atom stereocenters. The van der Waals surface area contributed by atoms with Gasteiger partial charge in [-0.25, -0.2) is 30.4 Å². The van der Waals surface area contributed by atoms with Gasteiger partial charge >= 0.3 is 0 Å². The Morgan fingerprint density at radius 2 is 1.04 bits per heavy atom. The van der Waals surface area contributed by atoms with Crippen LogP contribution in [0.25, 0.3) is 0 Å². The van der Waals surface area contributed by atoms with E-state index in [9.17, 15) is 34.9 Å². The van der Waals surface area contributed by atoms with E-state index in [2.05, 4.69) is 66.7 Å². The first-order valence-electron chi connectivity index (χ1n) is 15.1. The molecule has 2 fully saturated rings. The van der Waals surface area contributed by atoms with Crippen LogP contribution < -0.4 is 9.47 Å². The summed E-state index contributed by atoms with van der Waals surface area (Å²) in [7, 11) is -6.06. The maximum absolute atomic E-state index is 12.6. The van der Waals surface area contributed by atoms with Gasteiger partial charge in [-0.05, 0) is 62.1 Å². The topological polar surface area (TPSA) is 94.1 Å². The molecule has 2 heterocycles. The second kappa shape index (κ2) is 16.1. The van der Waals surface area contributed by atoms with Gasteiger partial charge < -0.3 is 23.5 Å². The number of hydrogen-bond acceptors (Lipinski definition) is 7. The zero-order valence-electron chi connectivity index (χ0n) is 25.4. The van der Waals surface area contributed by atoms with Crippen molar-refractivity contribution in [3.05, 3.63) is 108 Å². The molecule has 4 aromatic carbocycles. The summed E-state index contributed by atoms with van der Waals surface area (Å²) in [6.07, 6.45) is 6.10. The summed E-state index contributed by atoms with van der Waals surface area (Å²) >= 11 is 0. The Hall–Kier alpha value is -3.69. The number of benzene rings is 4. The summed E-state index contributed by atoms with van der Waals surface area (Å²) in [5, 5.41) is 0. The van der Waals surface area contributed by atoms with Crippen molar-refractivity contribution >= 4 is 21.0 Å². The summed E-state index contributed by atoms with van der Waals surface area (Å²) in [4.78, 5) is 1.30. The molecule has 0 aliphatic carbocycles. The Morgan fingerprint density at radius 1 is 0.604 bits per heavy atom. The van der Waals surface area contributed by atoms with Gasteiger partial charge in [0, 0.05) is 25.0 Å². The van der Waals surface area contributed by atoms with E-state index in [1.807, 2.05) is 12.1 Å². The Bertz CT molecular complexity index is 1710. The van der Waals surface area contributed by atoms with Gasteiger partial charge in [-0.15, -0.1) is 0 Å². The SMILES string of the molecule is O=S(=O)([O-])c1c(F)c(F)c(F)c(F)c1F.c1ccc([S+](c2cccc(OC3CCCCO3)c2)c2cccc(OC3CCCCO3)c2)cc1. The van der Waals surface area contributed by atoms with Gasteiger partial charge in [-0.2, -0.15) is 0 Å². The minimum atomic E-state index is -5.77. The highest BCUT2D eigenvalue weighted by molar-refractivity contribution is 7.97. The zero-order chi connectivity index (χ0) is 34.3. The first-order valence-corrected chi connectivity index (χ1v) is 17.7. The molecule has 48 heavy (non-hydrogen) atoms. The van der Waals surface area contributed by atoms with Crippen molar-refractivity contribution in [1.29, 1.82) is 0 Å². The Balaban J connectivity index is 0.000000253. The molecule has 0 radical (unpaired) electrons. The van der Waals surface area contributed by atoms with Crippen LogP contribution in [0.15, 0.2) is 98.4 Å². The molecule has 0 aromatic heterocycles. The van der Waals surface area contributed by atoms with Crippen LogP contribution in [-0.2, 0) is 30.5 Å². The highest BCUT2D eigenvalue weighted by atomic mass is 32.2. The van der Waals surface area contributed by atoms with E-state index in [0.717, 1.165) is 63.2 Å². The van der Waals surface area contributed by atoms with Gasteiger partial charge in [-0.1, -0.05) is 30.3 Å². The van der Waals surface area contributed by atoms with Crippen LogP contribution in [0.4, 0.5) is 22.0 Å². The highest BCUT2D eigenvalue weighted by Gasteiger charge is 2.31. The summed E-state index contributed by atoms with van der Waals surface area (Å²) in [6, 6.07) is 27.5. The van der Waals surface area contributed by atoms with E-state index in [1.54, 1.807) is 0 Å². The molecule has 7 nitrogen and oxygen atoms in total. The number of hydrogen-bond donors (Lipinski definition) is 0. The third-order valence-electron chi connectivity index (χ3n) is 7.29. The average molecular weight is 711 g/mol. The monoisotopic (exact) mass is 710 g/mol. The molecule has 4 aromatic rings. The predicted molar refractivity (Wildman–Crippen MR) is 164 cm³/mol. The van der Waals surface area contributed by atoms with Crippen LogP contribution in [0.1, 0.15) is 38.5 Å². The molecule has 0 amide bonds. The Morgan fingerprint density at radius 3 is 1.46 bits per heavy atom. The molecule has 2 aliphatic rings. The lowest BCUT2D eigenvalue weighted by atomic mass is 10.2. The maximum Gasteiger partial charge on any atom is 0.200 e. The van der Waals surface area contributed by atoms with Crippen molar-refractivity contribution in [2.75, 3.05) is 13.2 Å². The van der Waals surface area contributed by atoms with Crippen molar-refractivity contribution in [3.8, 4) is 11.5 Å². The second-order valence-corrected chi connectivity index (χ2v) is 14.1. The van der Waals surface area contributed by atoms with Crippen LogP contribution >= 0.6 is 0 Å². The van der Waals surface area contributed by atoms with Crippen LogP contribution in [0.3, 0.4) is 0 Å². The molecule has 0 saturated carbocycles. The fourth-order valence-corrected chi connectivity index (χ4v) is 7.79. The first kappa shape index (κ1) is 35.6. The summed E-state index contributed by atoms with van der Waals surface area (Å²) in [5.41, 5.74) is 0. The van der Waals surface area contributed by atoms with E-state index >= 15 is 0 Å². The molecular weight excluding hydrogens is 679 g/mol. The van der Waals surface area contributed by atoms with Crippen LogP contribution in [0.2, 0.25) is 0 Å². The molecule has 2 atom stereocenters. The summed E-state index contributed by atoms with van der Waals surface area (Å²) in [6.45, 7) is 1.55. The second-order valence-electron chi connectivity index (χ2n) is 10.8. The maximum atomic E-state index is 12.6. The van der Waals surface area contributed by atoms with Gasteiger partial charge in [0.15, 0.2) is 50.5 Å². The fourth-order valence-electron chi connectivity index (χ4n) is 5.03. The van der Waals surface area contributed by atoms with Crippen molar-refractivity contribution in [2.24, 2.45) is 0 Å². The van der Waals surface area contributed by atoms with Gasteiger partial charge in [-0.3, -0.25) is 0 Å². The number of rotatable bonds is 8. The van der Waals surface area contributed by atoms with E-state index in [1.165, 1.54) is 14.7 Å². The average Bonchev–Trinajstić information content (AvgIpc) is 3.08. The fraction of sp³-hybridized carbons (Fsp3) is 0.294. The molecule has 6 rings (SSSR count). The molecular formula is C34H31F5O7S2. The lowest BCUT2D eigenvalue weighted by Crippen LogP contribution is -2.25. The number of ether oxygens (including phenoxy) is 4. The normalized spacial score (nSPS) is 18.7. The molecule has 256 valence electrons. The largest absolute Gasteiger partial charge is 0.744 e. The molecule has 0 N–H and O–H groups in total. The van der Waals surface area contributed by atoms with Crippen LogP contribution in [0, 0.1) is 29.1 Å². The van der Waals surface area contributed by atoms with E-state index in [0.29, 0.717) is 0 Å². The molecule has 0 spiro atoms. The van der Waals surface area contributed by atoms with Crippen molar-refractivity contribution < 1.29 is 53.9 Å². The zero-order valence-corrected chi connectivity index (χ0v) is 27.0. The standard InChI is InChI=1S/C28H31O4S.C6HF5O3S/c1-2-12-24(13-3-1)33(25-14-8-10-22(20-25)31-27-16-4-6-18-29-27)26-15-9-11-23(21-26)32-28-17-5-7-19-30-28;7-1-2(8)4(10)6(15(12,13)14)5(11)3(1)9/h1-3,8-15,20-21,27-28H,4-7,16-19H2;(H,12,13,14)/q+1;/p-1. The van der Waals surface area contributed by atoms with Gasteiger partial charge in [0.05, 0.1) is 24.1 Å². The number of halogens is 5. The first-order chi connectivity index (χ1) is 23.0. The minimum Gasteiger partial charge on any atom is -0.744 e. The van der Waals surface area contributed by atoms with E-state index in [4.69, 9.17) is 18.9 Å². The molecule has 14 heteroatoms. The lowest BCUT2D eigenvalue weighted by Gasteiger charge is -2.24. The van der Waals surface area contributed by atoms with Crippen LogP contribution in [0.5, 0.6) is 11.5 Å². The molecule has 0 bridgehead atoms. The van der Waals surface area contributed by atoms with Crippen molar-refractivity contribution in [3.63, 3.8) is 0 Å². The van der Waals surface area contributed by atoms with E-state index < -0.39 is 44.1 Å². The van der Waals surface area contributed by atoms with Crippen molar-refractivity contribution in [1.82, 2.24) is 0 Å². The Kier molecular flexibility index (Phi) is 12.0. The van der Waals surface area contributed by atoms with E-state index in [-0.39, 0.29) is 23.5 Å². The predicted octanol–water partition coefficient (Wildman–Crippen LogP) is 7.88. The van der Waals surface area contributed by atoms with Gasteiger partial charge in [0.25, 0.3) is 0 Å². The summed E-state index contributed by atoms with van der Waals surface area (Å²) in [5.74, 6) is -11.1. The smallest absolute Gasteiger partial charge is 0.200 e. The quantitative estimate of drug-likeness (QED) is 0.0604. The minimum absolute atomic E-state index is 0.153. The van der Waals surface area contributed by atoms with Gasteiger partial charge in [0.2, 0.25) is 5.82 Å². The van der Waals surface area contributed by atoms with Crippen molar-refractivity contribution in [2.45, 2.75) is 70.7 Å².